The third-order valence-corrected chi connectivity index (χ3v) is 7.01. The van der Waals surface area contributed by atoms with Crippen molar-refractivity contribution >= 4 is 27.6 Å². The molecule has 1 fully saturated rings. The number of halogens is 2. The van der Waals surface area contributed by atoms with Gasteiger partial charge in [0.05, 0.1) is 12.9 Å². The number of esters is 1. The second-order valence-electron chi connectivity index (χ2n) is 6.79. The van der Waals surface area contributed by atoms with E-state index in [1.165, 1.54) is 35.7 Å². The Bertz CT molecular complexity index is 943. The molecule has 0 N–H and O–H groups in total. The number of hydrogen-bond donors (Lipinski definition) is 0. The van der Waals surface area contributed by atoms with Gasteiger partial charge in [-0.3, -0.25) is 4.90 Å². The summed E-state index contributed by atoms with van der Waals surface area (Å²) in [7, 11) is -2.22. The Labute approximate surface area is 174 Å². The summed E-state index contributed by atoms with van der Waals surface area (Å²) in [5, 5.41) is 0.564. The van der Waals surface area contributed by atoms with Crippen LogP contribution in [-0.4, -0.2) is 56.9 Å². The average Bonchev–Trinajstić information content (AvgIpc) is 2.71. The number of rotatable bonds is 6. The quantitative estimate of drug-likeness (QED) is 0.646. The van der Waals surface area contributed by atoms with E-state index in [9.17, 15) is 17.6 Å². The number of sulfonamides is 1. The van der Waals surface area contributed by atoms with Gasteiger partial charge in [0.15, 0.2) is 0 Å². The highest BCUT2D eigenvalue weighted by atomic mass is 35.5. The van der Waals surface area contributed by atoms with Crippen LogP contribution in [0.4, 0.5) is 4.39 Å². The number of ether oxygens (including phenoxy) is 1. The largest absolute Gasteiger partial charge is 0.468 e. The summed E-state index contributed by atoms with van der Waals surface area (Å²) in [5.41, 5.74) is 1.27. The summed E-state index contributed by atoms with van der Waals surface area (Å²) >= 11 is 5.94. The highest BCUT2D eigenvalue weighted by molar-refractivity contribution is 7.88. The third kappa shape index (κ3) is 5.33. The van der Waals surface area contributed by atoms with Gasteiger partial charge in [-0.25, -0.2) is 17.6 Å². The molecular weight excluding hydrogens is 419 g/mol. The number of hydrogen-bond acceptors (Lipinski definition) is 5. The van der Waals surface area contributed by atoms with Crippen molar-refractivity contribution in [2.24, 2.45) is 0 Å². The topological polar surface area (TPSA) is 66.9 Å². The third-order valence-electron chi connectivity index (χ3n) is 4.90. The maximum atomic E-state index is 13.0. The van der Waals surface area contributed by atoms with Crippen molar-refractivity contribution in [2.75, 3.05) is 33.3 Å². The van der Waals surface area contributed by atoms with Crippen LogP contribution in [0.2, 0.25) is 5.02 Å². The van der Waals surface area contributed by atoms with Gasteiger partial charge in [0.1, 0.15) is 11.9 Å². The van der Waals surface area contributed by atoms with Crippen LogP contribution in [0.25, 0.3) is 0 Å². The molecule has 1 aliphatic rings. The SMILES string of the molecule is COC(=O)C(c1ccc(Cl)cc1)N1CCN(S(=O)(=O)Cc2ccc(F)cc2)CC1. The molecule has 1 aliphatic heterocycles. The van der Waals surface area contributed by atoms with Crippen LogP contribution in [0.15, 0.2) is 48.5 Å². The predicted octanol–water partition coefficient (Wildman–Crippen LogP) is 2.84. The van der Waals surface area contributed by atoms with Crippen LogP contribution in [-0.2, 0) is 25.3 Å². The van der Waals surface area contributed by atoms with Crippen molar-refractivity contribution in [3.63, 3.8) is 0 Å². The lowest BCUT2D eigenvalue weighted by Crippen LogP contribution is -2.51. The van der Waals surface area contributed by atoms with E-state index in [0.717, 1.165) is 5.56 Å². The summed E-state index contributed by atoms with van der Waals surface area (Å²) in [6.45, 7) is 1.27. The molecule has 0 aromatic heterocycles. The molecule has 1 heterocycles. The second-order valence-corrected chi connectivity index (χ2v) is 9.20. The molecule has 0 bridgehead atoms. The Morgan fingerprint density at radius 2 is 1.66 bits per heavy atom. The fourth-order valence-corrected chi connectivity index (χ4v) is 5.02. The minimum absolute atomic E-state index is 0.190. The summed E-state index contributed by atoms with van der Waals surface area (Å²) in [6.07, 6.45) is 0. The van der Waals surface area contributed by atoms with E-state index in [0.29, 0.717) is 23.7 Å². The van der Waals surface area contributed by atoms with E-state index in [1.54, 1.807) is 24.3 Å². The second kappa shape index (κ2) is 9.21. The summed E-state index contributed by atoms with van der Waals surface area (Å²) in [5.74, 6) is -1.00. The summed E-state index contributed by atoms with van der Waals surface area (Å²) in [4.78, 5) is 14.3. The van der Waals surface area contributed by atoms with Gasteiger partial charge in [0.2, 0.25) is 10.0 Å². The van der Waals surface area contributed by atoms with Crippen LogP contribution in [0, 0.1) is 5.82 Å². The fourth-order valence-electron chi connectivity index (χ4n) is 3.38. The van der Waals surface area contributed by atoms with Gasteiger partial charge < -0.3 is 4.74 Å². The molecule has 0 spiro atoms. The smallest absolute Gasteiger partial charge is 0.327 e. The van der Waals surface area contributed by atoms with E-state index in [-0.39, 0.29) is 18.8 Å². The van der Waals surface area contributed by atoms with Gasteiger partial charge in [-0.2, -0.15) is 4.31 Å². The Balaban J connectivity index is 1.69. The molecule has 0 amide bonds. The van der Waals surface area contributed by atoms with Gasteiger partial charge in [-0.15, -0.1) is 0 Å². The van der Waals surface area contributed by atoms with Crippen molar-refractivity contribution in [1.82, 2.24) is 9.21 Å². The Morgan fingerprint density at radius 1 is 1.07 bits per heavy atom. The van der Waals surface area contributed by atoms with Gasteiger partial charge in [-0.1, -0.05) is 35.9 Å². The zero-order chi connectivity index (χ0) is 21.0. The van der Waals surface area contributed by atoms with Crippen LogP contribution < -0.4 is 0 Å². The molecule has 156 valence electrons. The van der Waals surface area contributed by atoms with Crippen molar-refractivity contribution < 1.29 is 22.3 Å². The van der Waals surface area contributed by atoms with E-state index >= 15 is 0 Å². The molecule has 2 aromatic carbocycles. The van der Waals surface area contributed by atoms with Crippen molar-refractivity contribution in [2.45, 2.75) is 11.8 Å². The molecule has 9 heteroatoms. The summed E-state index contributed by atoms with van der Waals surface area (Å²) < 4.78 is 44.8. The molecule has 1 atom stereocenters. The minimum Gasteiger partial charge on any atom is -0.468 e. The predicted molar refractivity (Wildman–Crippen MR) is 108 cm³/mol. The number of nitrogens with zero attached hydrogens (tertiary/aromatic N) is 2. The first-order valence-corrected chi connectivity index (χ1v) is 11.1. The molecule has 0 aliphatic carbocycles. The number of carbonyl (C=O) groups excluding carboxylic acids is 1. The maximum Gasteiger partial charge on any atom is 0.327 e. The Kier molecular flexibility index (Phi) is 6.89. The lowest BCUT2D eigenvalue weighted by molar-refractivity contribution is -0.147. The highest BCUT2D eigenvalue weighted by Crippen LogP contribution is 2.26. The molecular formula is C20H22ClFN2O4S. The van der Waals surface area contributed by atoms with Crippen molar-refractivity contribution in [1.29, 1.82) is 0 Å². The van der Waals surface area contributed by atoms with Crippen LogP contribution in [0.5, 0.6) is 0 Å². The first kappa shape index (κ1) is 21.7. The van der Waals surface area contributed by atoms with Gasteiger partial charge in [-0.05, 0) is 35.4 Å². The first-order valence-electron chi connectivity index (χ1n) is 9.10. The Hall–Kier alpha value is -2.00. The molecule has 6 nitrogen and oxygen atoms in total. The van der Waals surface area contributed by atoms with Crippen LogP contribution in [0.3, 0.4) is 0 Å². The molecule has 1 saturated heterocycles. The van der Waals surface area contributed by atoms with E-state index in [1.807, 2.05) is 4.90 Å². The van der Waals surface area contributed by atoms with E-state index < -0.39 is 27.9 Å². The van der Waals surface area contributed by atoms with Gasteiger partial charge >= 0.3 is 5.97 Å². The molecule has 3 rings (SSSR count). The molecule has 0 saturated carbocycles. The van der Waals surface area contributed by atoms with Crippen LogP contribution >= 0.6 is 11.6 Å². The molecule has 1 unspecified atom stereocenters. The summed E-state index contributed by atoms with van der Waals surface area (Å²) in [6, 6.07) is 11.7. The lowest BCUT2D eigenvalue weighted by atomic mass is 10.0. The maximum absolute atomic E-state index is 13.0. The van der Waals surface area contributed by atoms with Crippen LogP contribution in [0.1, 0.15) is 17.2 Å². The van der Waals surface area contributed by atoms with Crippen molar-refractivity contribution in [3.05, 3.63) is 70.5 Å². The Morgan fingerprint density at radius 3 is 2.21 bits per heavy atom. The highest BCUT2D eigenvalue weighted by Gasteiger charge is 2.34. The number of piperazine rings is 1. The fraction of sp³-hybridized carbons (Fsp3) is 0.350. The normalized spacial score (nSPS) is 17.1. The number of carbonyl (C=O) groups is 1. The monoisotopic (exact) mass is 440 g/mol. The van der Waals surface area contributed by atoms with Crippen molar-refractivity contribution in [3.8, 4) is 0 Å². The molecule has 0 radical (unpaired) electrons. The minimum atomic E-state index is -3.54. The molecule has 2 aromatic rings. The standard InChI is InChI=1S/C20H22ClFN2O4S/c1-28-20(25)19(16-4-6-17(21)7-5-16)23-10-12-24(13-11-23)29(26,27)14-15-2-8-18(22)9-3-15/h2-9,19H,10-14H2,1H3. The zero-order valence-corrected chi connectivity index (χ0v) is 17.5. The van der Waals surface area contributed by atoms with Gasteiger partial charge in [0, 0.05) is 31.2 Å². The first-order chi connectivity index (χ1) is 13.8. The van der Waals surface area contributed by atoms with Gasteiger partial charge in [0.25, 0.3) is 0 Å². The van der Waals surface area contributed by atoms with E-state index in [2.05, 4.69) is 0 Å². The lowest BCUT2D eigenvalue weighted by Gasteiger charge is -2.37. The molecule has 29 heavy (non-hydrogen) atoms. The zero-order valence-electron chi connectivity index (χ0n) is 15.9. The number of methoxy groups -OCH3 is 1. The number of benzene rings is 2. The average molecular weight is 441 g/mol. The van der Waals surface area contributed by atoms with E-state index in [4.69, 9.17) is 16.3 Å².